The van der Waals surface area contributed by atoms with E-state index in [1.165, 1.54) is 34.0 Å². The molecule has 0 amide bonds. The molecule has 29 heavy (non-hydrogen) atoms. The van der Waals surface area contributed by atoms with Crippen molar-refractivity contribution in [2.45, 2.75) is 45.1 Å². The molecule has 3 heterocycles. The van der Waals surface area contributed by atoms with Crippen molar-refractivity contribution in [1.29, 1.82) is 0 Å². The molecular formula is C22H30N6O. The van der Waals surface area contributed by atoms with E-state index < -0.39 is 0 Å². The second-order valence-corrected chi connectivity index (χ2v) is 8.17. The Balaban J connectivity index is 1.89. The summed E-state index contributed by atoms with van der Waals surface area (Å²) in [5.74, 6) is 12.5. The average molecular weight is 395 g/mol. The van der Waals surface area contributed by atoms with Gasteiger partial charge in [-0.1, -0.05) is 19.9 Å². The number of aliphatic hydroxyl groups is 1. The van der Waals surface area contributed by atoms with E-state index in [2.05, 4.69) is 47.4 Å². The van der Waals surface area contributed by atoms with Crippen molar-refractivity contribution in [3.05, 3.63) is 52.6 Å². The number of aliphatic hydroxyl groups excluding tert-OH is 1. The van der Waals surface area contributed by atoms with Crippen LogP contribution in [0.3, 0.4) is 0 Å². The number of piperidine rings is 1. The van der Waals surface area contributed by atoms with Gasteiger partial charge in [0.1, 0.15) is 0 Å². The van der Waals surface area contributed by atoms with Gasteiger partial charge >= 0.3 is 0 Å². The molecule has 7 nitrogen and oxygen atoms in total. The Morgan fingerprint density at radius 2 is 2.00 bits per heavy atom. The van der Waals surface area contributed by atoms with Crippen LogP contribution in [0.5, 0.6) is 0 Å². The topological polar surface area (TPSA) is 117 Å². The number of aromatic amines is 1. The Hall–Kier alpha value is -2.77. The quantitative estimate of drug-likeness (QED) is 0.344. The SMILES string of the molecule is CC(C)c1c(-c2cc(CO)/c(=N/N)n(N)c2)[nH]c2ccc(C3CCNCC3)cc12. The lowest BCUT2D eigenvalue weighted by Gasteiger charge is -2.23. The normalized spacial score (nSPS) is 16.2. The van der Waals surface area contributed by atoms with Crippen LogP contribution in [0.4, 0.5) is 0 Å². The predicted octanol–water partition coefficient (Wildman–Crippen LogP) is 2.21. The van der Waals surface area contributed by atoms with E-state index in [0.29, 0.717) is 22.9 Å². The average Bonchev–Trinajstić information content (AvgIpc) is 3.12. The molecule has 1 aliphatic rings. The van der Waals surface area contributed by atoms with Crippen LogP contribution in [0.2, 0.25) is 0 Å². The first-order valence-corrected chi connectivity index (χ1v) is 10.3. The molecular weight excluding hydrogens is 364 g/mol. The number of benzene rings is 1. The second kappa shape index (κ2) is 7.93. The highest BCUT2D eigenvalue weighted by Gasteiger charge is 2.20. The van der Waals surface area contributed by atoms with Crippen LogP contribution in [0.15, 0.2) is 35.6 Å². The maximum atomic E-state index is 9.74. The number of aromatic nitrogens is 2. The smallest absolute Gasteiger partial charge is 0.175 e. The molecule has 0 spiro atoms. The van der Waals surface area contributed by atoms with Gasteiger partial charge in [0.2, 0.25) is 0 Å². The van der Waals surface area contributed by atoms with Gasteiger partial charge in [-0.15, -0.1) is 0 Å². The Kier molecular flexibility index (Phi) is 5.34. The van der Waals surface area contributed by atoms with Crippen LogP contribution in [0.1, 0.15) is 55.2 Å². The minimum atomic E-state index is -0.182. The summed E-state index contributed by atoms with van der Waals surface area (Å²) >= 11 is 0. The first-order chi connectivity index (χ1) is 14.0. The molecule has 0 radical (unpaired) electrons. The van der Waals surface area contributed by atoms with E-state index in [0.717, 1.165) is 29.9 Å². The fourth-order valence-electron chi connectivity index (χ4n) is 4.54. The van der Waals surface area contributed by atoms with Gasteiger partial charge in [-0.2, -0.15) is 5.10 Å². The first-order valence-electron chi connectivity index (χ1n) is 10.3. The Bertz CT molecular complexity index is 1090. The molecule has 1 aliphatic heterocycles. The molecule has 1 fully saturated rings. The first kappa shape index (κ1) is 19.5. The maximum absolute atomic E-state index is 9.74. The van der Waals surface area contributed by atoms with E-state index >= 15 is 0 Å². The fraction of sp³-hybridized carbons (Fsp3) is 0.409. The molecule has 0 saturated carbocycles. The van der Waals surface area contributed by atoms with Gasteiger partial charge < -0.3 is 27.1 Å². The van der Waals surface area contributed by atoms with E-state index in [4.69, 9.17) is 11.7 Å². The van der Waals surface area contributed by atoms with Crippen molar-refractivity contribution in [2.75, 3.05) is 18.9 Å². The third kappa shape index (κ3) is 3.52. The number of nitrogens with two attached hydrogens (primary N) is 2. The summed E-state index contributed by atoms with van der Waals surface area (Å²) < 4.78 is 1.37. The zero-order chi connectivity index (χ0) is 20.5. The van der Waals surface area contributed by atoms with E-state index in [-0.39, 0.29) is 6.61 Å². The summed E-state index contributed by atoms with van der Waals surface area (Å²) in [7, 11) is 0. The van der Waals surface area contributed by atoms with Gasteiger partial charge in [-0.3, -0.25) is 0 Å². The van der Waals surface area contributed by atoms with Crippen LogP contribution in [0, 0.1) is 0 Å². The van der Waals surface area contributed by atoms with Gasteiger partial charge in [0, 0.05) is 28.2 Å². The number of nitrogen functional groups attached to an aromatic ring is 1. The molecule has 0 aliphatic carbocycles. The number of rotatable bonds is 4. The van der Waals surface area contributed by atoms with Gasteiger partial charge in [-0.05, 0) is 67.1 Å². The van der Waals surface area contributed by atoms with Crippen LogP contribution < -0.4 is 22.5 Å². The summed E-state index contributed by atoms with van der Waals surface area (Å²) in [6.45, 7) is 6.39. The van der Waals surface area contributed by atoms with Gasteiger partial charge in [0.15, 0.2) is 5.49 Å². The zero-order valence-corrected chi connectivity index (χ0v) is 17.1. The Morgan fingerprint density at radius 3 is 2.66 bits per heavy atom. The van der Waals surface area contributed by atoms with Crippen LogP contribution in [0.25, 0.3) is 22.2 Å². The zero-order valence-electron chi connectivity index (χ0n) is 17.1. The maximum Gasteiger partial charge on any atom is 0.175 e. The summed E-state index contributed by atoms with van der Waals surface area (Å²) in [6, 6.07) is 8.70. The van der Waals surface area contributed by atoms with Crippen molar-refractivity contribution < 1.29 is 5.11 Å². The van der Waals surface area contributed by atoms with E-state index in [1.807, 2.05) is 6.07 Å². The summed E-state index contributed by atoms with van der Waals surface area (Å²) in [6.07, 6.45) is 4.16. The lowest BCUT2D eigenvalue weighted by molar-refractivity contribution is 0.279. The molecule has 0 atom stereocenters. The highest BCUT2D eigenvalue weighted by molar-refractivity contribution is 5.92. The Labute approximate surface area is 170 Å². The van der Waals surface area contributed by atoms with Gasteiger partial charge in [0.25, 0.3) is 0 Å². The number of H-pyrrole nitrogens is 1. The van der Waals surface area contributed by atoms with Crippen LogP contribution >= 0.6 is 0 Å². The molecule has 1 saturated heterocycles. The van der Waals surface area contributed by atoms with Crippen LogP contribution in [-0.4, -0.2) is 27.9 Å². The molecule has 7 heteroatoms. The Morgan fingerprint density at radius 1 is 1.24 bits per heavy atom. The second-order valence-electron chi connectivity index (χ2n) is 8.17. The summed E-state index contributed by atoms with van der Waals surface area (Å²) in [5.41, 5.74) is 6.68. The third-order valence-electron chi connectivity index (χ3n) is 5.97. The van der Waals surface area contributed by atoms with Crippen molar-refractivity contribution in [1.82, 2.24) is 15.0 Å². The molecule has 0 unspecified atom stereocenters. The van der Waals surface area contributed by atoms with Gasteiger partial charge in [0.05, 0.1) is 12.3 Å². The van der Waals surface area contributed by atoms with Crippen molar-refractivity contribution in [3.8, 4) is 11.3 Å². The standard InChI is InChI=1S/C22H30N6O/c1-13(2)20-18-10-15(14-5-7-25-8-6-14)3-4-19(18)26-21(20)16-9-17(12-29)22(27-23)28(24)11-16/h3-4,9-11,13-14,25-26,29H,5-8,12,23-24H2,1-2H3/b27-22-. The predicted molar refractivity (Wildman–Crippen MR) is 116 cm³/mol. The third-order valence-corrected chi connectivity index (χ3v) is 5.97. The number of hydrogen-bond donors (Lipinski definition) is 5. The number of nitrogens with zero attached hydrogens (tertiary/aromatic N) is 2. The van der Waals surface area contributed by atoms with Crippen molar-refractivity contribution in [2.24, 2.45) is 10.9 Å². The number of fused-ring (bicyclic) bond motifs is 1. The van der Waals surface area contributed by atoms with E-state index in [1.54, 1.807) is 6.20 Å². The lowest BCUT2D eigenvalue weighted by atomic mass is 9.88. The molecule has 0 bridgehead atoms. The molecule has 2 aromatic heterocycles. The lowest BCUT2D eigenvalue weighted by Crippen LogP contribution is -2.32. The molecule has 154 valence electrons. The molecule has 4 rings (SSSR count). The highest BCUT2D eigenvalue weighted by Crippen LogP contribution is 2.37. The number of hydrogen-bond acceptors (Lipinski definition) is 5. The minimum absolute atomic E-state index is 0.182. The molecule has 1 aromatic carbocycles. The van der Waals surface area contributed by atoms with E-state index in [9.17, 15) is 5.11 Å². The summed E-state index contributed by atoms with van der Waals surface area (Å²) in [4.78, 5) is 3.58. The minimum Gasteiger partial charge on any atom is -0.392 e. The summed E-state index contributed by atoms with van der Waals surface area (Å²) in [5, 5.41) is 18.1. The fourth-order valence-corrected chi connectivity index (χ4v) is 4.54. The van der Waals surface area contributed by atoms with Crippen molar-refractivity contribution >= 4 is 10.9 Å². The van der Waals surface area contributed by atoms with Crippen molar-refractivity contribution in [3.63, 3.8) is 0 Å². The molecule has 3 aromatic rings. The van der Waals surface area contributed by atoms with Gasteiger partial charge in [-0.25, -0.2) is 4.68 Å². The highest BCUT2D eigenvalue weighted by atomic mass is 16.3. The number of pyridine rings is 1. The largest absolute Gasteiger partial charge is 0.392 e. The molecule has 7 N–H and O–H groups in total. The number of nitrogens with one attached hydrogen (secondary N) is 2. The van der Waals surface area contributed by atoms with Crippen LogP contribution in [-0.2, 0) is 6.61 Å². The monoisotopic (exact) mass is 394 g/mol.